The third-order valence-corrected chi connectivity index (χ3v) is 7.09. The number of carbonyl (C=O) groups is 1. The van der Waals surface area contributed by atoms with Crippen LogP contribution in [0.4, 0.5) is 10.8 Å². The van der Waals surface area contributed by atoms with Crippen LogP contribution >= 0.6 is 11.3 Å². The molecule has 1 aromatic heterocycles. The van der Waals surface area contributed by atoms with Crippen LogP contribution in [-0.2, 0) is 10.0 Å². The summed E-state index contributed by atoms with van der Waals surface area (Å²) in [6, 6.07) is 18.4. The molecule has 8 heteroatoms. The van der Waals surface area contributed by atoms with Gasteiger partial charge in [0.2, 0.25) is 0 Å². The molecule has 0 unspecified atom stereocenters. The van der Waals surface area contributed by atoms with E-state index in [0.29, 0.717) is 16.4 Å². The van der Waals surface area contributed by atoms with Crippen molar-refractivity contribution in [2.24, 2.45) is 0 Å². The van der Waals surface area contributed by atoms with Crippen LogP contribution in [0.1, 0.15) is 21.5 Å². The minimum absolute atomic E-state index is 0.174. The lowest BCUT2D eigenvalue weighted by molar-refractivity contribution is 0.102. The van der Waals surface area contributed by atoms with Crippen LogP contribution in [0.15, 0.2) is 71.6 Å². The Balaban J connectivity index is 1.49. The number of benzene rings is 3. The predicted octanol–water partition coefficient (Wildman–Crippen LogP) is 4.97. The topological polar surface area (TPSA) is 88.2 Å². The normalized spacial score (nSPS) is 11.4. The zero-order valence-corrected chi connectivity index (χ0v) is 18.0. The summed E-state index contributed by atoms with van der Waals surface area (Å²) in [6.07, 6.45) is 0. The van der Waals surface area contributed by atoms with Crippen molar-refractivity contribution in [1.82, 2.24) is 4.98 Å². The van der Waals surface area contributed by atoms with E-state index in [1.165, 1.54) is 23.5 Å². The fraction of sp³-hybridized carbons (Fsp3) is 0.0909. The Morgan fingerprint density at radius 1 is 0.933 bits per heavy atom. The molecule has 0 aliphatic heterocycles. The molecule has 4 aromatic rings. The van der Waals surface area contributed by atoms with E-state index in [1.54, 1.807) is 42.5 Å². The van der Waals surface area contributed by atoms with Gasteiger partial charge in [-0.3, -0.25) is 14.8 Å². The van der Waals surface area contributed by atoms with Crippen LogP contribution in [0.2, 0.25) is 0 Å². The molecule has 3 aromatic carbocycles. The lowest BCUT2D eigenvalue weighted by atomic mass is 10.1. The maximum Gasteiger partial charge on any atom is 0.261 e. The first-order valence-corrected chi connectivity index (χ1v) is 11.5. The molecule has 0 saturated carbocycles. The highest BCUT2D eigenvalue weighted by molar-refractivity contribution is 7.92. The van der Waals surface area contributed by atoms with Gasteiger partial charge in [0.25, 0.3) is 15.9 Å². The summed E-state index contributed by atoms with van der Waals surface area (Å²) < 4.78 is 28.3. The molecule has 0 aliphatic carbocycles. The minimum Gasteiger partial charge on any atom is -0.298 e. The second kappa shape index (κ2) is 7.89. The summed E-state index contributed by atoms with van der Waals surface area (Å²) >= 11 is 1.42. The van der Waals surface area contributed by atoms with Crippen LogP contribution < -0.4 is 10.0 Å². The Morgan fingerprint density at radius 3 is 2.33 bits per heavy atom. The summed E-state index contributed by atoms with van der Waals surface area (Å²) in [5, 5.41) is 3.34. The fourth-order valence-electron chi connectivity index (χ4n) is 2.95. The average Bonchev–Trinajstić information content (AvgIpc) is 3.15. The predicted molar refractivity (Wildman–Crippen MR) is 121 cm³/mol. The first-order valence-electron chi connectivity index (χ1n) is 9.19. The molecule has 152 valence electrons. The Hall–Kier alpha value is -3.23. The third-order valence-electron chi connectivity index (χ3n) is 4.76. The second-order valence-electron chi connectivity index (χ2n) is 6.82. The number of amides is 1. The lowest BCUT2D eigenvalue weighted by Crippen LogP contribution is -2.14. The Kier molecular flexibility index (Phi) is 5.27. The van der Waals surface area contributed by atoms with Crippen LogP contribution in [0, 0.1) is 13.8 Å². The maximum absolute atomic E-state index is 12.6. The van der Waals surface area contributed by atoms with Crippen molar-refractivity contribution in [3.8, 4) is 0 Å². The molecule has 4 rings (SSSR count). The van der Waals surface area contributed by atoms with E-state index in [0.717, 1.165) is 21.3 Å². The molecular formula is C22H19N3O3S2. The van der Waals surface area contributed by atoms with Crippen molar-refractivity contribution in [2.45, 2.75) is 18.7 Å². The Morgan fingerprint density at radius 2 is 1.63 bits per heavy atom. The number of rotatable bonds is 5. The number of aryl methyl sites for hydroxylation is 2. The highest BCUT2D eigenvalue weighted by Gasteiger charge is 2.15. The Bertz CT molecular complexity index is 1330. The molecule has 0 spiro atoms. The number of thiazole rings is 1. The van der Waals surface area contributed by atoms with Gasteiger partial charge >= 0.3 is 0 Å². The smallest absolute Gasteiger partial charge is 0.261 e. The summed E-state index contributed by atoms with van der Waals surface area (Å²) in [5.74, 6) is -0.305. The Labute approximate surface area is 178 Å². The maximum atomic E-state index is 12.6. The molecule has 1 amide bonds. The van der Waals surface area contributed by atoms with Gasteiger partial charge in [-0.25, -0.2) is 13.4 Å². The van der Waals surface area contributed by atoms with E-state index in [1.807, 2.05) is 26.0 Å². The largest absolute Gasteiger partial charge is 0.298 e. The van der Waals surface area contributed by atoms with Gasteiger partial charge in [-0.05, 0) is 67.4 Å². The molecule has 0 radical (unpaired) electrons. The number of nitrogens with one attached hydrogen (secondary N) is 2. The number of carbonyl (C=O) groups excluding carboxylic acids is 1. The van der Waals surface area contributed by atoms with Crippen molar-refractivity contribution < 1.29 is 13.2 Å². The number of fused-ring (bicyclic) bond motifs is 1. The van der Waals surface area contributed by atoms with Crippen LogP contribution in [-0.4, -0.2) is 19.3 Å². The van der Waals surface area contributed by atoms with Crippen molar-refractivity contribution in [2.75, 3.05) is 10.0 Å². The summed E-state index contributed by atoms with van der Waals surface area (Å²) in [5.41, 5.74) is 3.92. The monoisotopic (exact) mass is 437 g/mol. The van der Waals surface area contributed by atoms with E-state index in [4.69, 9.17) is 0 Å². The summed E-state index contributed by atoms with van der Waals surface area (Å²) in [4.78, 5) is 17.3. The number of aromatic nitrogens is 1. The molecule has 0 fully saturated rings. The minimum atomic E-state index is -3.68. The lowest BCUT2D eigenvalue weighted by Gasteiger charge is -2.08. The SMILES string of the molecule is Cc1ccc2sc(NC(=O)c3ccc(NS(=O)(=O)c4ccccc4)cc3)nc2c1C. The number of hydrogen-bond acceptors (Lipinski definition) is 5. The van der Waals surface area contributed by atoms with Gasteiger partial charge in [-0.1, -0.05) is 35.6 Å². The average molecular weight is 438 g/mol. The first-order chi connectivity index (χ1) is 14.3. The fourth-order valence-corrected chi connectivity index (χ4v) is 4.95. The number of anilines is 2. The third kappa shape index (κ3) is 4.05. The zero-order valence-electron chi connectivity index (χ0n) is 16.3. The van der Waals surface area contributed by atoms with Crippen molar-refractivity contribution in [1.29, 1.82) is 0 Å². The molecule has 0 saturated heterocycles. The van der Waals surface area contributed by atoms with Gasteiger partial charge in [-0.15, -0.1) is 0 Å². The number of hydrogen-bond donors (Lipinski definition) is 2. The molecular weight excluding hydrogens is 418 g/mol. The second-order valence-corrected chi connectivity index (χ2v) is 9.54. The van der Waals surface area contributed by atoms with Crippen molar-refractivity contribution >= 4 is 48.3 Å². The van der Waals surface area contributed by atoms with Gasteiger partial charge in [0.15, 0.2) is 5.13 Å². The molecule has 1 heterocycles. The quantitative estimate of drug-likeness (QED) is 0.462. The molecule has 6 nitrogen and oxygen atoms in total. The van der Waals surface area contributed by atoms with Crippen LogP contribution in [0.3, 0.4) is 0 Å². The van der Waals surface area contributed by atoms with Crippen molar-refractivity contribution in [3.63, 3.8) is 0 Å². The molecule has 0 aliphatic rings. The standard InChI is InChI=1S/C22H19N3O3S2/c1-14-8-13-19-20(15(14)2)23-22(29-19)24-21(26)16-9-11-17(12-10-16)25-30(27,28)18-6-4-3-5-7-18/h3-13,25H,1-2H3,(H,23,24,26). The van der Waals surface area contributed by atoms with Gasteiger partial charge in [0.05, 0.1) is 15.1 Å². The molecule has 2 N–H and O–H groups in total. The van der Waals surface area contributed by atoms with Gasteiger partial charge in [0, 0.05) is 11.3 Å². The molecule has 0 atom stereocenters. The van der Waals surface area contributed by atoms with Crippen molar-refractivity contribution in [3.05, 3.63) is 83.4 Å². The number of nitrogens with zero attached hydrogens (tertiary/aromatic N) is 1. The molecule has 0 bridgehead atoms. The summed E-state index contributed by atoms with van der Waals surface area (Å²) in [7, 11) is -3.68. The van der Waals surface area contributed by atoms with Gasteiger partial charge in [-0.2, -0.15) is 0 Å². The highest BCUT2D eigenvalue weighted by atomic mass is 32.2. The zero-order chi connectivity index (χ0) is 21.3. The van der Waals surface area contributed by atoms with E-state index in [9.17, 15) is 13.2 Å². The van der Waals surface area contributed by atoms with E-state index < -0.39 is 10.0 Å². The van der Waals surface area contributed by atoms with Crippen LogP contribution in [0.25, 0.3) is 10.2 Å². The van der Waals surface area contributed by atoms with Gasteiger partial charge < -0.3 is 0 Å². The molecule has 30 heavy (non-hydrogen) atoms. The number of sulfonamides is 1. The van der Waals surface area contributed by atoms with E-state index in [2.05, 4.69) is 15.0 Å². The van der Waals surface area contributed by atoms with E-state index in [-0.39, 0.29) is 10.8 Å². The van der Waals surface area contributed by atoms with Crippen LogP contribution in [0.5, 0.6) is 0 Å². The summed E-state index contributed by atoms with van der Waals surface area (Å²) in [6.45, 7) is 4.04. The highest BCUT2D eigenvalue weighted by Crippen LogP contribution is 2.30. The van der Waals surface area contributed by atoms with Gasteiger partial charge in [0.1, 0.15) is 0 Å². The van der Waals surface area contributed by atoms with E-state index >= 15 is 0 Å². The first kappa shape index (κ1) is 20.1.